The van der Waals surface area contributed by atoms with Crippen LogP contribution in [0.5, 0.6) is 5.75 Å². The molecular formula is C14H13BrN2O4. The van der Waals surface area contributed by atoms with E-state index in [0.717, 1.165) is 14.3 Å². The number of halogens is 1. The van der Waals surface area contributed by atoms with Gasteiger partial charge < -0.3 is 4.74 Å². The van der Waals surface area contributed by atoms with Gasteiger partial charge >= 0.3 is 6.03 Å². The molecule has 21 heavy (non-hydrogen) atoms. The molecule has 0 atom stereocenters. The molecule has 0 saturated carbocycles. The molecule has 0 aliphatic carbocycles. The number of hydrogen-bond acceptors (Lipinski definition) is 4. The molecule has 7 heteroatoms. The van der Waals surface area contributed by atoms with E-state index >= 15 is 0 Å². The Labute approximate surface area is 130 Å². The number of urea groups is 1. The number of barbiturate groups is 1. The Morgan fingerprint density at radius 3 is 2.19 bits per heavy atom. The van der Waals surface area contributed by atoms with Gasteiger partial charge in [0, 0.05) is 24.1 Å². The summed E-state index contributed by atoms with van der Waals surface area (Å²) in [7, 11) is 4.16. The number of ether oxygens (including phenoxy) is 1. The van der Waals surface area contributed by atoms with Gasteiger partial charge in [0.1, 0.15) is 11.3 Å². The number of amides is 4. The number of imide groups is 2. The van der Waals surface area contributed by atoms with Crippen molar-refractivity contribution in [3.8, 4) is 5.75 Å². The van der Waals surface area contributed by atoms with Crippen molar-refractivity contribution in [2.45, 2.75) is 0 Å². The third-order valence-corrected chi connectivity index (χ3v) is 3.63. The second kappa shape index (κ2) is 5.69. The van der Waals surface area contributed by atoms with Crippen molar-refractivity contribution in [3.05, 3.63) is 33.8 Å². The molecule has 0 radical (unpaired) electrons. The fraction of sp³-hybridized carbons (Fsp3) is 0.214. The minimum atomic E-state index is -0.650. The van der Waals surface area contributed by atoms with Crippen LogP contribution in [-0.4, -0.2) is 48.9 Å². The Hall–Kier alpha value is -2.15. The molecule has 0 bridgehead atoms. The molecule has 0 N–H and O–H groups in total. The lowest BCUT2D eigenvalue weighted by Crippen LogP contribution is -2.52. The Bertz CT molecular complexity index is 643. The molecule has 1 saturated heterocycles. The summed E-state index contributed by atoms with van der Waals surface area (Å²) in [6.07, 6.45) is 1.42. The van der Waals surface area contributed by atoms with Gasteiger partial charge in [-0.2, -0.15) is 0 Å². The summed E-state index contributed by atoms with van der Waals surface area (Å²) < 4.78 is 5.99. The third kappa shape index (κ3) is 2.69. The van der Waals surface area contributed by atoms with Gasteiger partial charge in [-0.1, -0.05) is 15.9 Å². The van der Waals surface area contributed by atoms with Gasteiger partial charge in [0.05, 0.1) is 7.11 Å². The molecule has 1 aromatic carbocycles. The van der Waals surface area contributed by atoms with Gasteiger partial charge in [-0.05, 0) is 24.3 Å². The Balaban J connectivity index is 2.54. The summed E-state index contributed by atoms with van der Waals surface area (Å²) in [5.41, 5.74) is 0.482. The van der Waals surface area contributed by atoms with Crippen LogP contribution < -0.4 is 4.74 Å². The van der Waals surface area contributed by atoms with Crippen molar-refractivity contribution in [2.75, 3.05) is 21.2 Å². The van der Waals surface area contributed by atoms with Crippen molar-refractivity contribution in [1.29, 1.82) is 0 Å². The summed E-state index contributed by atoms with van der Waals surface area (Å²) in [4.78, 5) is 37.7. The minimum Gasteiger partial charge on any atom is -0.496 e. The van der Waals surface area contributed by atoms with Crippen LogP contribution in [0, 0.1) is 0 Å². The zero-order chi connectivity index (χ0) is 15.7. The number of benzene rings is 1. The topological polar surface area (TPSA) is 66.9 Å². The molecule has 0 aromatic heterocycles. The molecule has 1 aliphatic heterocycles. The number of likely N-dealkylation sites (N-methyl/N-ethyl adjacent to an activating group) is 2. The highest BCUT2D eigenvalue weighted by atomic mass is 79.9. The highest BCUT2D eigenvalue weighted by Crippen LogP contribution is 2.27. The summed E-state index contributed by atoms with van der Waals surface area (Å²) >= 11 is 3.32. The van der Waals surface area contributed by atoms with Crippen LogP contribution >= 0.6 is 15.9 Å². The van der Waals surface area contributed by atoms with Crippen LogP contribution in [0.25, 0.3) is 6.08 Å². The molecule has 1 heterocycles. The second-order valence-corrected chi connectivity index (χ2v) is 5.37. The van der Waals surface area contributed by atoms with E-state index in [4.69, 9.17) is 4.74 Å². The Morgan fingerprint density at radius 1 is 1.10 bits per heavy atom. The first kappa shape index (κ1) is 15.2. The molecule has 2 rings (SSSR count). The van der Waals surface area contributed by atoms with E-state index < -0.39 is 17.8 Å². The SMILES string of the molecule is COc1ccc(Br)cc1C=C1C(=O)N(C)C(=O)N(C)C1=O. The molecule has 1 fully saturated rings. The van der Waals surface area contributed by atoms with Gasteiger partial charge in [-0.25, -0.2) is 4.79 Å². The molecule has 1 aliphatic rings. The fourth-order valence-corrected chi connectivity index (χ4v) is 2.33. The van der Waals surface area contributed by atoms with Crippen LogP contribution in [0.1, 0.15) is 5.56 Å². The van der Waals surface area contributed by atoms with Gasteiger partial charge in [0.2, 0.25) is 0 Å². The molecular weight excluding hydrogens is 340 g/mol. The highest BCUT2D eigenvalue weighted by molar-refractivity contribution is 9.10. The average molecular weight is 353 g/mol. The van der Waals surface area contributed by atoms with Crippen LogP contribution in [0.4, 0.5) is 4.79 Å². The third-order valence-electron chi connectivity index (χ3n) is 3.14. The molecule has 0 spiro atoms. The van der Waals surface area contributed by atoms with E-state index in [-0.39, 0.29) is 5.57 Å². The summed E-state index contributed by atoms with van der Waals surface area (Å²) in [5.74, 6) is -0.747. The van der Waals surface area contributed by atoms with Gasteiger partial charge in [0.15, 0.2) is 0 Å². The molecule has 0 unspecified atom stereocenters. The monoisotopic (exact) mass is 352 g/mol. The van der Waals surface area contributed by atoms with E-state index in [1.54, 1.807) is 18.2 Å². The number of nitrogens with zero attached hydrogens (tertiary/aromatic N) is 2. The van der Waals surface area contributed by atoms with Crippen molar-refractivity contribution in [3.63, 3.8) is 0 Å². The maximum Gasteiger partial charge on any atom is 0.333 e. The lowest BCUT2D eigenvalue weighted by Gasteiger charge is -2.28. The van der Waals surface area contributed by atoms with Crippen molar-refractivity contribution < 1.29 is 19.1 Å². The number of methoxy groups -OCH3 is 1. The van der Waals surface area contributed by atoms with Crippen LogP contribution in [0.2, 0.25) is 0 Å². The van der Waals surface area contributed by atoms with Gasteiger partial charge in [-0.15, -0.1) is 0 Å². The lowest BCUT2D eigenvalue weighted by molar-refractivity contribution is -0.134. The van der Waals surface area contributed by atoms with E-state index in [1.165, 1.54) is 27.3 Å². The summed E-state index contributed by atoms with van der Waals surface area (Å²) in [6, 6.07) is 4.58. The Morgan fingerprint density at radius 2 is 1.67 bits per heavy atom. The van der Waals surface area contributed by atoms with E-state index in [0.29, 0.717) is 11.3 Å². The minimum absolute atomic E-state index is 0.0870. The summed E-state index contributed by atoms with van der Waals surface area (Å²) in [5, 5.41) is 0. The first-order valence-corrected chi connectivity index (χ1v) is 6.81. The van der Waals surface area contributed by atoms with Gasteiger partial charge in [0.25, 0.3) is 11.8 Å². The smallest absolute Gasteiger partial charge is 0.333 e. The zero-order valence-electron chi connectivity index (χ0n) is 11.7. The van der Waals surface area contributed by atoms with E-state index in [9.17, 15) is 14.4 Å². The molecule has 4 amide bonds. The lowest BCUT2D eigenvalue weighted by atomic mass is 10.1. The largest absolute Gasteiger partial charge is 0.496 e. The predicted octanol–water partition coefficient (Wildman–Crippen LogP) is 1.89. The van der Waals surface area contributed by atoms with E-state index in [1.807, 2.05) is 0 Å². The standard InChI is InChI=1S/C14H13BrN2O4/c1-16-12(18)10(13(19)17(2)14(16)20)7-8-6-9(15)4-5-11(8)21-3/h4-7H,1-3H3. The molecule has 110 valence electrons. The quantitative estimate of drug-likeness (QED) is 0.602. The average Bonchev–Trinajstić information content (AvgIpc) is 2.48. The highest BCUT2D eigenvalue weighted by Gasteiger charge is 2.37. The van der Waals surface area contributed by atoms with Crippen molar-refractivity contribution >= 4 is 39.9 Å². The maximum atomic E-state index is 12.1. The summed E-state index contributed by atoms with van der Waals surface area (Å²) in [6.45, 7) is 0. The normalized spacial score (nSPS) is 15.6. The number of rotatable bonds is 2. The second-order valence-electron chi connectivity index (χ2n) is 4.46. The van der Waals surface area contributed by atoms with Crippen LogP contribution in [0.3, 0.4) is 0 Å². The van der Waals surface area contributed by atoms with Crippen LogP contribution in [-0.2, 0) is 9.59 Å². The zero-order valence-corrected chi connectivity index (χ0v) is 13.3. The first-order valence-electron chi connectivity index (χ1n) is 6.02. The number of hydrogen-bond donors (Lipinski definition) is 0. The first-order chi connectivity index (χ1) is 9.86. The van der Waals surface area contributed by atoms with Gasteiger partial charge in [-0.3, -0.25) is 19.4 Å². The predicted molar refractivity (Wildman–Crippen MR) is 79.6 cm³/mol. The number of carbonyl (C=O) groups excluding carboxylic acids is 3. The fourth-order valence-electron chi connectivity index (χ4n) is 1.95. The van der Waals surface area contributed by atoms with Crippen molar-refractivity contribution in [2.24, 2.45) is 0 Å². The molecule has 1 aromatic rings. The van der Waals surface area contributed by atoms with Crippen LogP contribution in [0.15, 0.2) is 28.2 Å². The molecule has 6 nitrogen and oxygen atoms in total. The Kier molecular flexibility index (Phi) is 4.13. The maximum absolute atomic E-state index is 12.1. The van der Waals surface area contributed by atoms with E-state index in [2.05, 4.69) is 15.9 Å². The van der Waals surface area contributed by atoms with Crippen molar-refractivity contribution in [1.82, 2.24) is 9.80 Å². The number of carbonyl (C=O) groups is 3.